The van der Waals surface area contributed by atoms with Crippen molar-refractivity contribution in [1.82, 2.24) is 9.80 Å². The molecule has 1 aliphatic rings. The van der Waals surface area contributed by atoms with E-state index in [4.69, 9.17) is 5.73 Å². The lowest BCUT2D eigenvalue weighted by molar-refractivity contribution is -0.138. The summed E-state index contributed by atoms with van der Waals surface area (Å²) in [4.78, 5) is 17.4. The first kappa shape index (κ1) is 21.2. The van der Waals surface area contributed by atoms with Gasteiger partial charge in [0.1, 0.15) is 11.4 Å². The standard InChI is InChI=1S/C26H28FN3O/c1-26(28,22-14-8-9-15-23(22)27)25(31)30-18-16-29(17-19-30)24(20-10-4-2-5-11-20)21-12-6-3-7-13-21/h2-15,24H,16-19,28H2,1H3. The van der Waals surface area contributed by atoms with E-state index in [-0.39, 0.29) is 17.5 Å². The first-order valence-electron chi connectivity index (χ1n) is 10.7. The normalized spacial score (nSPS) is 16.8. The van der Waals surface area contributed by atoms with Crippen LogP contribution < -0.4 is 5.73 Å². The van der Waals surface area contributed by atoms with Crippen molar-refractivity contribution in [3.63, 3.8) is 0 Å². The monoisotopic (exact) mass is 417 g/mol. The average Bonchev–Trinajstić information content (AvgIpc) is 2.81. The topological polar surface area (TPSA) is 49.6 Å². The molecule has 5 heteroatoms. The number of benzene rings is 3. The van der Waals surface area contributed by atoms with Gasteiger partial charge >= 0.3 is 0 Å². The van der Waals surface area contributed by atoms with Crippen LogP contribution in [0, 0.1) is 5.82 Å². The van der Waals surface area contributed by atoms with Gasteiger partial charge in [0.2, 0.25) is 5.91 Å². The van der Waals surface area contributed by atoms with Gasteiger partial charge < -0.3 is 10.6 Å². The van der Waals surface area contributed by atoms with E-state index in [0.29, 0.717) is 26.2 Å². The predicted molar refractivity (Wildman–Crippen MR) is 121 cm³/mol. The van der Waals surface area contributed by atoms with E-state index in [2.05, 4.69) is 53.4 Å². The maximum atomic E-state index is 14.3. The van der Waals surface area contributed by atoms with Crippen molar-refractivity contribution < 1.29 is 9.18 Å². The van der Waals surface area contributed by atoms with Crippen molar-refractivity contribution in [1.29, 1.82) is 0 Å². The molecule has 1 amide bonds. The Morgan fingerprint density at radius 3 is 1.84 bits per heavy atom. The van der Waals surface area contributed by atoms with Crippen molar-refractivity contribution in [3.05, 3.63) is 107 Å². The Kier molecular flexibility index (Phi) is 6.16. The molecule has 0 spiro atoms. The van der Waals surface area contributed by atoms with Crippen LogP contribution >= 0.6 is 0 Å². The van der Waals surface area contributed by atoms with E-state index in [0.717, 1.165) is 0 Å². The number of carbonyl (C=O) groups is 1. The fourth-order valence-electron chi connectivity index (χ4n) is 4.39. The molecule has 4 rings (SSSR count). The summed E-state index contributed by atoms with van der Waals surface area (Å²) in [6, 6.07) is 27.2. The summed E-state index contributed by atoms with van der Waals surface area (Å²) >= 11 is 0. The quantitative estimate of drug-likeness (QED) is 0.684. The molecule has 0 aliphatic carbocycles. The van der Waals surface area contributed by atoms with Crippen LogP contribution in [0.1, 0.15) is 29.7 Å². The lowest BCUT2D eigenvalue weighted by Gasteiger charge is -2.42. The summed E-state index contributed by atoms with van der Waals surface area (Å²) < 4.78 is 14.3. The zero-order valence-corrected chi connectivity index (χ0v) is 17.7. The SMILES string of the molecule is CC(N)(C(=O)N1CCN(C(c2ccccc2)c2ccccc2)CC1)c1ccccc1F. The van der Waals surface area contributed by atoms with Gasteiger partial charge in [-0.05, 0) is 24.1 Å². The summed E-state index contributed by atoms with van der Waals surface area (Å²) in [6.45, 7) is 4.13. The van der Waals surface area contributed by atoms with Crippen molar-refractivity contribution >= 4 is 5.91 Å². The fraction of sp³-hybridized carbons (Fsp3) is 0.269. The van der Waals surface area contributed by atoms with E-state index < -0.39 is 11.4 Å². The minimum Gasteiger partial charge on any atom is -0.338 e. The highest BCUT2D eigenvalue weighted by Crippen LogP contribution is 2.30. The van der Waals surface area contributed by atoms with Gasteiger partial charge in [0.15, 0.2) is 0 Å². The molecule has 160 valence electrons. The summed E-state index contributed by atoms with van der Waals surface area (Å²) in [5, 5.41) is 0. The largest absolute Gasteiger partial charge is 0.338 e. The summed E-state index contributed by atoms with van der Waals surface area (Å²) in [5.74, 6) is -0.694. The number of hydrogen-bond donors (Lipinski definition) is 1. The number of nitrogens with zero attached hydrogens (tertiary/aromatic N) is 2. The van der Waals surface area contributed by atoms with E-state index >= 15 is 0 Å². The molecule has 4 nitrogen and oxygen atoms in total. The molecule has 1 aliphatic heterocycles. The van der Waals surface area contributed by atoms with Crippen LogP contribution in [0.4, 0.5) is 4.39 Å². The third kappa shape index (κ3) is 4.38. The van der Waals surface area contributed by atoms with Gasteiger partial charge in [0.25, 0.3) is 0 Å². The molecule has 0 aromatic heterocycles. The average molecular weight is 418 g/mol. The number of rotatable bonds is 5. The number of carbonyl (C=O) groups excluding carboxylic acids is 1. The Labute approximate surface area is 183 Å². The molecule has 3 aromatic carbocycles. The molecule has 0 radical (unpaired) electrons. The Hall–Kier alpha value is -3.02. The second kappa shape index (κ2) is 9.00. The van der Waals surface area contributed by atoms with Gasteiger partial charge in [-0.3, -0.25) is 9.69 Å². The maximum Gasteiger partial charge on any atom is 0.247 e. The Morgan fingerprint density at radius 2 is 1.32 bits per heavy atom. The molecule has 1 fully saturated rings. The zero-order chi connectivity index (χ0) is 21.8. The molecule has 1 saturated heterocycles. The number of amides is 1. The van der Waals surface area contributed by atoms with Gasteiger partial charge in [-0.2, -0.15) is 0 Å². The van der Waals surface area contributed by atoms with E-state index in [1.54, 1.807) is 30.0 Å². The van der Waals surface area contributed by atoms with Gasteiger partial charge in [-0.25, -0.2) is 4.39 Å². The van der Waals surface area contributed by atoms with Crippen LogP contribution in [0.2, 0.25) is 0 Å². The van der Waals surface area contributed by atoms with Crippen molar-refractivity contribution in [2.24, 2.45) is 5.73 Å². The van der Waals surface area contributed by atoms with E-state index in [1.807, 2.05) is 12.1 Å². The fourth-order valence-corrected chi connectivity index (χ4v) is 4.39. The maximum absolute atomic E-state index is 14.3. The number of nitrogens with two attached hydrogens (primary N) is 1. The first-order valence-corrected chi connectivity index (χ1v) is 10.7. The molecular weight excluding hydrogens is 389 g/mol. The molecule has 0 bridgehead atoms. The Balaban J connectivity index is 1.52. The Morgan fingerprint density at radius 1 is 0.839 bits per heavy atom. The van der Waals surface area contributed by atoms with Crippen molar-refractivity contribution in [2.75, 3.05) is 26.2 Å². The first-order chi connectivity index (χ1) is 15.0. The van der Waals surface area contributed by atoms with Crippen LogP contribution in [-0.4, -0.2) is 41.9 Å². The highest BCUT2D eigenvalue weighted by atomic mass is 19.1. The highest BCUT2D eigenvalue weighted by molar-refractivity contribution is 5.87. The Bertz CT molecular complexity index is 976. The molecule has 1 atom stereocenters. The van der Waals surface area contributed by atoms with E-state index in [1.165, 1.54) is 17.2 Å². The zero-order valence-electron chi connectivity index (χ0n) is 17.7. The van der Waals surface area contributed by atoms with Gasteiger partial charge in [-0.1, -0.05) is 78.9 Å². The number of hydrogen-bond acceptors (Lipinski definition) is 3. The second-order valence-electron chi connectivity index (χ2n) is 8.23. The molecule has 2 N–H and O–H groups in total. The molecule has 1 heterocycles. The lowest BCUT2D eigenvalue weighted by atomic mass is 9.90. The number of piperazine rings is 1. The molecular formula is C26H28FN3O. The smallest absolute Gasteiger partial charge is 0.247 e. The van der Waals surface area contributed by atoms with Gasteiger partial charge in [-0.15, -0.1) is 0 Å². The van der Waals surface area contributed by atoms with Crippen LogP contribution in [0.3, 0.4) is 0 Å². The molecule has 0 saturated carbocycles. The summed E-state index contributed by atoms with van der Waals surface area (Å²) in [7, 11) is 0. The predicted octanol–water partition coefficient (Wildman–Crippen LogP) is 3.93. The third-order valence-electron chi connectivity index (χ3n) is 6.07. The second-order valence-corrected chi connectivity index (χ2v) is 8.23. The summed E-state index contributed by atoms with van der Waals surface area (Å²) in [6.07, 6.45) is 0. The van der Waals surface area contributed by atoms with E-state index in [9.17, 15) is 9.18 Å². The number of halogens is 1. The highest BCUT2D eigenvalue weighted by Gasteiger charge is 2.38. The van der Waals surface area contributed by atoms with Gasteiger partial charge in [0, 0.05) is 31.7 Å². The summed E-state index contributed by atoms with van der Waals surface area (Å²) in [5.41, 5.74) is 7.63. The van der Waals surface area contributed by atoms with Crippen LogP contribution in [0.5, 0.6) is 0 Å². The molecule has 1 unspecified atom stereocenters. The van der Waals surface area contributed by atoms with Gasteiger partial charge in [0.05, 0.1) is 6.04 Å². The van der Waals surface area contributed by atoms with Crippen LogP contribution in [0.25, 0.3) is 0 Å². The van der Waals surface area contributed by atoms with Crippen molar-refractivity contribution in [2.45, 2.75) is 18.5 Å². The molecule has 31 heavy (non-hydrogen) atoms. The van der Waals surface area contributed by atoms with Crippen LogP contribution in [-0.2, 0) is 10.3 Å². The van der Waals surface area contributed by atoms with Crippen LogP contribution in [0.15, 0.2) is 84.9 Å². The lowest BCUT2D eigenvalue weighted by Crippen LogP contribution is -2.57. The minimum absolute atomic E-state index is 0.121. The van der Waals surface area contributed by atoms with Crippen molar-refractivity contribution in [3.8, 4) is 0 Å². The molecule has 3 aromatic rings. The minimum atomic E-state index is -1.40. The third-order valence-corrected chi connectivity index (χ3v) is 6.07.